The first-order valence-corrected chi connectivity index (χ1v) is 8.14. The molecule has 0 N–H and O–H groups in total. The van der Waals surface area contributed by atoms with Crippen LogP contribution in [-0.2, 0) is 11.4 Å². The molecule has 3 heteroatoms. The lowest BCUT2D eigenvalue weighted by Gasteiger charge is -2.10. The molecule has 0 saturated carbocycles. The van der Waals surface area contributed by atoms with Gasteiger partial charge in [-0.1, -0.05) is 54.6 Å². The molecule has 1 heterocycles. The molecular formula is C22H19NO2. The summed E-state index contributed by atoms with van der Waals surface area (Å²) in [5.74, 6) is 0.706. The highest BCUT2D eigenvalue weighted by molar-refractivity contribution is 6.23. The van der Waals surface area contributed by atoms with Crippen molar-refractivity contribution < 1.29 is 9.53 Å². The maximum atomic E-state index is 12.1. The number of hydrogen-bond acceptors (Lipinski definition) is 3. The lowest BCUT2D eigenvalue weighted by Crippen LogP contribution is -2.00. The summed E-state index contributed by atoms with van der Waals surface area (Å²) >= 11 is 0. The first-order valence-electron chi connectivity index (χ1n) is 8.14. The van der Waals surface area contributed by atoms with E-state index in [4.69, 9.17) is 4.74 Å². The summed E-state index contributed by atoms with van der Waals surface area (Å²) < 4.78 is 5.96. The summed E-state index contributed by atoms with van der Waals surface area (Å²) in [6.07, 6.45) is 3.52. The molecule has 1 aromatic heterocycles. The first kappa shape index (κ1) is 16.7. The van der Waals surface area contributed by atoms with Crippen LogP contribution in [0.2, 0.25) is 0 Å². The highest BCUT2D eigenvalue weighted by atomic mass is 16.5. The van der Waals surface area contributed by atoms with Gasteiger partial charge in [-0.15, -0.1) is 0 Å². The number of aromatic nitrogens is 1. The number of nitrogens with zero attached hydrogens (tertiary/aromatic N) is 1. The Morgan fingerprint density at radius 3 is 2.40 bits per heavy atom. The molecule has 0 saturated heterocycles. The molecule has 2 aromatic carbocycles. The molecule has 0 unspecified atom stereocenters. The van der Waals surface area contributed by atoms with Gasteiger partial charge in [-0.05, 0) is 36.8 Å². The molecule has 3 nitrogen and oxygen atoms in total. The van der Waals surface area contributed by atoms with Crippen molar-refractivity contribution in [3.8, 4) is 5.75 Å². The van der Waals surface area contributed by atoms with Gasteiger partial charge in [-0.3, -0.25) is 9.78 Å². The van der Waals surface area contributed by atoms with Crippen molar-refractivity contribution in [1.82, 2.24) is 4.98 Å². The number of carbonyl (C=O) groups excluding carboxylic acids is 1. The first-order chi connectivity index (χ1) is 12.2. The van der Waals surface area contributed by atoms with Crippen LogP contribution in [0.3, 0.4) is 0 Å². The van der Waals surface area contributed by atoms with E-state index in [-0.39, 0.29) is 5.78 Å². The van der Waals surface area contributed by atoms with Crippen LogP contribution in [0.25, 0.3) is 11.6 Å². The smallest absolute Gasteiger partial charge is 0.161 e. The third-order valence-corrected chi connectivity index (χ3v) is 3.78. The van der Waals surface area contributed by atoms with Gasteiger partial charge >= 0.3 is 0 Å². The van der Waals surface area contributed by atoms with Gasteiger partial charge in [0, 0.05) is 17.3 Å². The van der Waals surface area contributed by atoms with Gasteiger partial charge in [0.05, 0.1) is 5.69 Å². The highest BCUT2D eigenvalue weighted by Gasteiger charge is 2.10. The lowest BCUT2D eigenvalue weighted by molar-refractivity contribution is -0.111. The monoisotopic (exact) mass is 329 g/mol. The molecule has 0 bridgehead atoms. The van der Waals surface area contributed by atoms with Crippen molar-refractivity contribution in [3.63, 3.8) is 0 Å². The molecule has 25 heavy (non-hydrogen) atoms. The molecule has 3 rings (SSSR count). The van der Waals surface area contributed by atoms with Gasteiger partial charge in [0.1, 0.15) is 12.4 Å². The SMILES string of the molecule is CC(=O)/C(=C/c1ccccc1OCc1ccccc1)c1ccccn1. The fraction of sp³-hybridized carbons (Fsp3) is 0.0909. The molecule has 0 atom stereocenters. The van der Waals surface area contributed by atoms with Crippen molar-refractivity contribution >= 4 is 17.4 Å². The van der Waals surface area contributed by atoms with Crippen LogP contribution in [0, 0.1) is 0 Å². The van der Waals surface area contributed by atoms with Gasteiger partial charge in [-0.2, -0.15) is 0 Å². The van der Waals surface area contributed by atoms with Gasteiger partial charge in [0.2, 0.25) is 0 Å². The third-order valence-electron chi connectivity index (χ3n) is 3.78. The van der Waals surface area contributed by atoms with Crippen LogP contribution in [0.15, 0.2) is 79.0 Å². The number of allylic oxidation sites excluding steroid dienone is 1. The Morgan fingerprint density at radius 1 is 0.960 bits per heavy atom. The second-order valence-corrected chi connectivity index (χ2v) is 5.64. The zero-order valence-electron chi connectivity index (χ0n) is 14.1. The molecule has 0 aliphatic rings. The summed E-state index contributed by atoms with van der Waals surface area (Å²) in [6, 6.07) is 23.2. The molecule has 124 valence electrons. The minimum atomic E-state index is -0.0310. The summed E-state index contributed by atoms with van der Waals surface area (Å²) in [5.41, 5.74) is 3.18. The number of ether oxygens (including phenoxy) is 1. The van der Waals surface area contributed by atoms with Crippen LogP contribution in [0.1, 0.15) is 23.7 Å². The number of Topliss-reactive ketones (excluding diaryl/α,β-unsaturated/α-hetero) is 1. The molecule has 0 aliphatic carbocycles. The van der Waals surface area contributed by atoms with Crippen LogP contribution in [0.5, 0.6) is 5.75 Å². The average molecular weight is 329 g/mol. The molecular weight excluding hydrogens is 310 g/mol. The Bertz CT molecular complexity index is 871. The fourth-order valence-corrected chi connectivity index (χ4v) is 2.50. The molecule has 0 spiro atoms. The molecule has 0 radical (unpaired) electrons. The number of benzene rings is 2. The zero-order chi connectivity index (χ0) is 17.5. The summed E-state index contributed by atoms with van der Waals surface area (Å²) in [4.78, 5) is 16.4. The quantitative estimate of drug-likeness (QED) is 0.610. The van der Waals surface area contributed by atoms with Crippen LogP contribution < -0.4 is 4.74 Å². The minimum absolute atomic E-state index is 0.0310. The second kappa shape index (κ2) is 8.06. The lowest BCUT2D eigenvalue weighted by atomic mass is 10.0. The average Bonchev–Trinajstić information content (AvgIpc) is 2.66. The summed E-state index contributed by atoms with van der Waals surface area (Å²) in [7, 11) is 0. The van der Waals surface area contributed by atoms with E-state index in [1.165, 1.54) is 0 Å². The van der Waals surface area contributed by atoms with Crippen LogP contribution in [-0.4, -0.2) is 10.8 Å². The zero-order valence-corrected chi connectivity index (χ0v) is 14.1. The van der Waals surface area contributed by atoms with E-state index >= 15 is 0 Å². The Balaban J connectivity index is 1.90. The number of hydrogen-bond donors (Lipinski definition) is 0. The molecule has 3 aromatic rings. The Morgan fingerprint density at radius 2 is 1.68 bits per heavy atom. The maximum Gasteiger partial charge on any atom is 0.161 e. The maximum absolute atomic E-state index is 12.1. The van der Waals surface area contributed by atoms with Crippen LogP contribution >= 0.6 is 0 Å². The minimum Gasteiger partial charge on any atom is -0.488 e. The van der Waals surface area contributed by atoms with Crippen molar-refractivity contribution in [2.24, 2.45) is 0 Å². The van der Waals surface area contributed by atoms with Crippen molar-refractivity contribution in [1.29, 1.82) is 0 Å². The predicted octanol–water partition coefficient (Wildman–Crippen LogP) is 4.79. The van der Waals surface area contributed by atoms with E-state index in [1.807, 2.05) is 78.9 Å². The number of carbonyl (C=O) groups is 1. The predicted molar refractivity (Wildman–Crippen MR) is 100 cm³/mol. The van der Waals surface area contributed by atoms with E-state index in [2.05, 4.69) is 4.98 Å². The summed E-state index contributed by atoms with van der Waals surface area (Å²) in [5, 5.41) is 0. The van der Waals surface area contributed by atoms with E-state index in [0.717, 1.165) is 16.9 Å². The van der Waals surface area contributed by atoms with Gasteiger partial charge in [-0.25, -0.2) is 0 Å². The number of pyridine rings is 1. The largest absolute Gasteiger partial charge is 0.488 e. The Hall–Kier alpha value is -3.20. The third kappa shape index (κ3) is 4.42. The van der Waals surface area contributed by atoms with Crippen molar-refractivity contribution in [2.45, 2.75) is 13.5 Å². The number of ketones is 1. The normalized spacial score (nSPS) is 11.2. The van der Waals surface area contributed by atoms with Gasteiger partial charge in [0.15, 0.2) is 5.78 Å². The van der Waals surface area contributed by atoms with E-state index in [1.54, 1.807) is 13.1 Å². The highest BCUT2D eigenvalue weighted by Crippen LogP contribution is 2.25. The van der Waals surface area contributed by atoms with Gasteiger partial charge in [0.25, 0.3) is 0 Å². The Kier molecular flexibility index (Phi) is 5.37. The number of para-hydroxylation sites is 1. The summed E-state index contributed by atoms with van der Waals surface area (Å²) in [6.45, 7) is 2.03. The van der Waals surface area contributed by atoms with E-state index in [9.17, 15) is 4.79 Å². The fourth-order valence-electron chi connectivity index (χ4n) is 2.50. The van der Waals surface area contributed by atoms with Crippen molar-refractivity contribution in [2.75, 3.05) is 0 Å². The topological polar surface area (TPSA) is 39.2 Å². The second-order valence-electron chi connectivity index (χ2n) is 5.64. The van der Waals surface area contributed by atoms with Gasteiger partial charge < -0.3 is 4.74 Å². The molecule has 0 fully saturated rings. The van der Waals surface area contributed by atoms with Crippen LogP contribution in [0.4, 0.5) is 0 Å². The Labute approximate surface area is 147 Å². The molecule has 0 amide bonds. The number of rotatable bonds is 6. The van der Waals surface area contributed by atoms with Crippen molar-refractivity contribution in [3.05, 3.63) is 95.8 Å². The van der Waals surface area contributed by atoms with E-state index < -0.39 is 0 Å². The molecule has 0 aliphatic heterocycles. The van der Waals surface area contributed by atoms with E-state index in [0.29, 0.717) is 17.9 Å². The standard InChI is InChI=1S/C22H19NO2/c1-17(24)20(21-12-7-8-14-23-21)15-19-11-5-6-13-22(19)25-16-18-9-3-2-4-10-18/h2-15H,16H2,1H3/b20-15-.